The van der Waals surface area contributed by atoms with E-state index in [1.807, 2.05) is 30.3 Å². The van der Waals surface area contributed by atoms with Gasteiger partial charge in [0.1, 0.15) is 12.1 Å². The Morgan fingerprint density at radius 3 is 2.84 bits per heavy atom. The fourth-order valence-corrected chi connectivity index (χ4v) is 5.90. The number of thiazole rings is 1. The predicted molar refractivity (Wildman–Crippen MR) is 114 cm³/mol. The predicted octanol–water partition coefficient (Wildman–Crippen LogP) is 1.91. The lowest BCUT2D eigenvalue weighted by Gasteiger charge is -2.48. The van der Waals surface area contributed by atoms with Crippen molar-refractivity contribution < 1.29 is 13.6 Å². The summed E-state index contributed by atoms with van der Waals surface area (Å²) in [5.41, 5.74) is -0.0352. The maximum atomic E-state index is 13.8. The largest absolute Gasteiger partial charge is 0.353 e. The molecular formula is C21H19F2N7OS. The van der Waals surface area contributed by atoms with Gasteiger partial charge in [-0.3, -0.25) is 9.79 Å². The molecule has 32 heavy (non-hydrogen) atoms. The highest BCUT2D eigenvalue weighted by molar-refractivity contribution is 7.15. The van der Waals surface area contributed by atoms with Crippen LogP contribution in [0.5, 0.6) is 0 Å². The van der Waals surface area contributed by atoms with Crippen LogP contribution in [0.25, 0.3) is 6.08 Å². The molecule has 1 N–H and O–H groups in total. The van der Waals surface area contributed by atoms with E-state index < -0.39 is 23.5 Å². The zero-order valence-electron chi connectivity index (χ0n) is 16.9. The van der Waals surface area contributed by atoms with Gasteiger partial charge in [-0.15, -0.1) is 5.10 Å². The van der Waals surface area contributed by atoms with E-state index in [1.54, 1.807) is 4.90 Å². The Labute approximate surface area is 185 Å². The molecule has 1 fully saturated rings. The highest BCUT2D eigenvalue weighted by atomic mass is 32.1. The van der Waals surface area contributed by atoms with E-state index in [2.05, 4.69) is 30.7 Å². The molecule has 0 spiro atoms. The third kappa shape index (κ3) is 3.22. The molecular weight excluding hydrogens is 436 g/mol. The van der Waals surface area contributed by atoms with E-state index in [-0.39, 0.29) is 18.7 Å². The van der Waals surface area contributed by atoms with E-state index in [1.165, 1.54) is 17.6 Å². The molecule has 1 amide bonds. The standard InChI is InChI=1S/C21H19F2N7OS/c22-21(23)10-20(11-21,17-8-24-29-28-17)27-19-26-14-5-6-30(9-16(14)32-19)18(31)15-7-12-3-1-2-4-13(12)25-15/h1-4,7-8,15,17H,5-6,9-11H2,(H,26,27). The van der Waals surface area contributed by atoms with E-state index in [0.29, 0.717) is 24.6 Å². The highest BCUT2D eigenvalue weighted by Gasteiger charge is 2.61. The molecule has 1 saturated carbocycles. The number of fused-ring (bicyclic) bond motifs is 2. The van der Waals surface area contributed by atoms with Crippen LogP contribution in [0.4, 0.5) is 13.9 Å². The zero-order valence-corrected chi connectivity index (χ0v) is 17.7. The summed E-state index contributed by atoms with van der Waals surface area (Å²) in [4.78, 5) is 25.0. The van der Waals surface area contributed by atoms with Crippen molar-refractivity contribution in [3.63, 3.8) is 0 Å². The van der Waals surface area contributed by atoms with Gasteiger partial charge in [-0.1, -0.05) is 29.5 Å². The fraction of sp³-hybridized carbons (Fsp3) is 0.429. The van der Waals surface area contributed by atoms with Crippen molar-refractivity contribution in [3.8, 4) is 0 Å². The molecule has 0 saturated heterocycles. The first-order chi connectivity index (χ1) is 15.4. The van der Waals surface area contributed by atoms with Crippen LogP contribution in [0.3, 0.4) is 0 Å². The second-order valence-corrected chi connectivity index (χ2v) is 9.69. The van der Waals surface area contributed by atoms with Crippen molar-refractivity contribution >= 4 is 34.7 Å². The van der Waals surface area contributed by atoms with Gasteiger partial charge < -0.3 is 10.2 Å². The molecule has 8 nitrogen and oxygen atoms in total. The number of para-hydroxylation sites is 1. The highest BCUT2D eigenvalue weighted by Crippen LogP contribution is 2.50. The van der Waals surface area contributed by atoms with E-state index in [9.17, 15) is 13.6 Å². The summed E-state index contributed by atoms with van der Waals surface area (Å²) in [6.07, 6.45) is 3.32. The minimum Gasteiger partial charge on any atom is -0.353 e. The van der Waals surface area contributed by atoms with Crippen LogP contribution in [0.2, 0.25) is 0 Å². The molecule has 164 valence electrons. The normalized spacial score (nSPS) is 26.0. The number of carbonyl (C=O) groups is 1. The molecule has 1 aromatic carbocycles. The van der Waals surface area contributed by atoms with Crippen molar-refractivity contribution in [1.29, 1.82) is 0 Å². The van der Waals surface area contributed by atoms with Gasteiger partial charge in [0.2, 0.25) is 0 Å². The number of hydrogen-bond acceptors (Lipinski definition) is 8. The quantitative estimate of drug-likeness (QED) is 0.763. The molecule has 1 aliphatic carbocycles. The zero-order chi connectivity index (χ0) is 21.9. The van der Waals surface area contributed by atoms with Gasteiger partial charge in [0.05, 0.1) is 29.3 Å². The minimum atomic E-state index is -2.74. The van der Waals surface area contributed by atoms with Crippen LogP contribution >= 0.6 is 11.3 Å². The molecule has 2 aromatic rings. The Bertz CT molecular complexity index is 1230. The molecule has 0 bridgehead atoms. The van der Waals surface area contributed by atoms with Crippen LogP contribution < -0.4 is 15.9 Å². The van der Waals surface area contributed by atoms with Crippen LogP contribution in [0, 0.1) is 0 Å². The smallest absolute Gasteiger partial charge is 0.252 e. The molecule has 2 unspecified atom stereocenters. The third-order valence-electron chi connectivity index (χ3n) is 6.35. The molecule has 1 aromatic heterocycles. The van der Waals surface area contributed by atoms with Gasteiger partial charge in [-0.2, -0.15) is 5.11 Å². The summed E-state index contributed by atoms with van der Waals surface area (Å²) in [5.74, 6) is -2.77. The molecule has 4 aliphatic rings. The van der Waals surface area contributed by atoms with Gasteiger partial charge in [-0.25, -0.2) is 13.8 Å². The van der Waals surface area contributed by atoms with Crippen molar-refractivity contribution in [3.05, 3.63) is 45.4 Å². The van der Waals surface area contributed by atoms with Gasteiger partial charge in [0, 0.05) is 30.7 Å². The Morgan fingerprint density at radius 2 is 2.09 bits per heavy atom. The molecule has 11 heteroatoms. The fourth-order valence-electron chi connectivity index (χ4n) is 4.77. The Kier molecular flexibility index (Phi) is 4.26. The van der Waals surface area contributed by atoms with Crippen LogP contribution in [-0.2, 0) is 17.8 Å². The summed E-state index contributed by atoms with van der Waals surface area (Å²) in [6, 6.07) is 6.65. The lowest BCUT2D eigenvalue weighted by molar-refractivity contribution is -0.132. The minimum absolute atomic E-state index is 0.0348. The lowest BCUT2D eigenvalue weighted by Crippen LogP contribution is -2.63. The van der Waals surface area contributed by atoms with Crippen LogP contribution in [0.15, 0.2) is 44.7 Å². The number of amides is 1. The first kappa shape index (κ1) is 19.6. The second-order valence-electron chi connectivity index (χ2n) is 8.60. The Morgan fingerprint density at radius 1 is 1.25 bits per heavy atom. The number of hydrogen-bond donors (Lipinski definition) is 1. The number of aromatic nitrogens is 1. The van der Waals surface area contributed by atoms with Gasteiger partial charge >= 0.3 is 0 Å². The number of halogens is 2. The molecule has 2 atom stereocenters. The van der Waals surface area contributed by atoms with Crippen molar-refractivity contribution in [2.24, 2.45) is 20.4 Å². The van der Waals surface area contributed by atoms with Gasteiger partial charge in [0.25, 0.3) is 11.8 Å². The van der Waals surface area contributed by atoms with E-state index >= 15 is 0 Å². The SMILES string of the molecule is O=C(C1C=c2ccccc2=N1)N1CCc2nc(NC3(C4C=NN=N4)CC(F)(F)C3)sc2C1. The van der Waals surface area contributed by atoms with Crippen molar-refractivity contribution in [2.45, 2.75) is 49.4 Å². The average Bonchev–Trinajstić information content (AvgIpc) is 3.49. The lowest BCUT2D eigenvalue weighted by atomic mass is 9.69. The first-order valence-corrected chi connectivity index (χ1v) is 11.2. The first-order valence-electron chi connectivity index (χ1n) is 10.4. The number of anilines is 1. The maximum absolute atomic E-state index is 13.8. The number of nitrogens with one attached hydrogen (secondary N) is 1. The summed E-state index contributed by atoms with van der Waals surface area (Å²) in [7, 11) is 0. The summed E-state index contributed by atoms with van der Waals surface area (Å²) >= 11 is 1.40. The van der Waals surface area contributed by atoms with Crippen molar-refractivity contribution in [2.75, 3.05) is 11.9 Å². The number of rotatable bonds is 4. The molecule has 4 heterocycles. The summed E-state index contributed by atoms with van der Waals surface area (Å²) in [6.45, 7) is 0.995. The number of benzene rings is 1. The number of alkyl halides is 2. The van der Waals surface area contributed by atoms with Crippen LogP contribution in [-0.4, -0.2) is 52.1 Å². The molecule has 0 radical (unpaired) electrons. The summed E-state index contributed by atoms with van der Waals surface area (Å²) < 4.78 is 27.5. The average molecular weight is 455 g/mol. The number of carbonyl (C=O) groups excluding carboxylic acids is 1. The Balaban J connectivity index is 1.19. The van der Waals surface area contributed by atoms with E-state index in [4.69, 9.17) is 0 Å². The molecule has 6 rings (SSSR count). The second kappa shape index (κ2) is 6.96. The van der Waals surface area contributed by atoms with Gasteiger partial charge in [-0.05, 0) is 22.6 Å². The third-order valence-corrected chi connectivity index (χ3v) is 7.35. The molecule has 3 aliphatic heterocycles. The topological polar surface area (TPSA) is 94.7 Å². The Hall–Kier alpha value is -3.08. The van der Waals surface area contributed by atoms with Crippen LogP contribution in [0.1, 0.15) is 23.4 Å². The monoisotopic (exact) mass is 455 g/mol. The maximum Gasteiger partial charge on any atom is 0.252 e. The summed E-state index contributed by atoms with van der Waals surface area (Å²) in [5, 5.41) is 16.9. The van der Waals surface area contributed by atoms with Gasteiger partial charge in [0.15, 0.2) is 5.13 Å². The van der Waals surface area contributed by atoms with Crippen molar-refractivity contribution in [1.82, 2.24) is 9.88 Å². The number of nitrogens with zero attached hydrogens (tertiary/aromatic N) is 6. The van der Waals surface area contributed by atoms with E-state index in [0.717, 1.165) is 21.1 Å².